The standard InChI is InChI=1S/C11H18O2.C2H6O.2C2H6/c1-4-6-9(3)11(5-2)13-8-10-7-12-10;1-2-3;2*1-2/h5-6,10H,4,7-8H2,1-3H3;3H,2H2,1H3;2*1-2H3/b9-6-,11-5+;;;. The molecule has 1 aliphatic rings. The van der Waals surface area contributed by atoms with E-state index in [2.05, 4.69) is 19.9 Å². The van der Waals surface area contributed by atoms with Crippen molar-refractivity contribution in [2.45, 2.75) is 67.9 Å². The second-order valence-corrected chi connectivity index (χ2v) is 3.53. The van der Waals surface area contributed by atoms with Crippen molar-refractivity contribution >= 4 is 0 Å². The van der Waals surface area contributed by atoms with Crippen molar-refractivity contribution in [3.05, 3.63) is 23.5 Å². The lowest BCUT2D eigenvalue weighted by atomic mass is 10.2. The van der Waals surface area contributed by atoms with Gasteiger partial charge in [-0.2, -0.15) is 0 Å². The van der Waals surface area contributed by atoms with E-state index in [-0.39, 0.29) is 6.61 Å². The van der Waals surface area contributed by atoms with Crippen LogP contribution in [-0.2, 0) is 9.47 Å². The molecule has 1 N–H and O–H groups in total. The predicted molar refractivity (Wildman–Crippen MR) is 89.0 cm³/mol. The molecule has 0 radical (unpaired) electrons. The van der Waals surface area contributed by atoms with E-state index in [1.807, 2.05) is 40.7 Å². The van der Waals surface area contributed by atoms with Gasteiger partial charge in [0, 0.05) is 6.61 Å². The van der Waals surface area contributed by atoms with Gasteiger partial charge in [-0.05, 0) is 38.8 Å². The highest BCUT2D eigenvalue weighted by molar-refractivity contribution is 5.22. The fourth-order valence-corrected chi connectivity index (χ4v) is 1.18. The maximum Gasteiger partial charge on any atom is 0.117 e. The number of ether oxygens (including phenoxy) is 2. The minimum atomic E-state index is 0.250. The monoisotopic (exact) mass is 288 g/mol. The first-order valence-corrected chi connectivity index (χ1v) is 7.88. The summed E-state index contributed by atoms with van der Waals surface area (Å²) in [5, 5.41) is 7.57. The molecule has 1 saturated heterocycles. The van der Waals surface area contributed by atoms with Crippen molar-refractivity contribution in [2.24, 2.45) is 0 Å². The topological polar surface area (TPSA) is 42.0 Å². The van der Waals surface area contributed by atoms with Crippen LogP contribution in [0, 0.1) is 0 Å². The summed E-state index contributed by atoms with van der Waals surface area (Å²) in [4.78, 5) is 0. The van der Waals surface area contributed by atoms with Crippen LogP contribution in [-0.4, -0.2) is 31.0 Å². The molecular formula is C17H36O3. The molecule has 122 valence electrons. The van der Waals surface area contributed by atoms with Gasteiger partial charge in [-0.15, -0.1) is 0 Å². The molecule has 3 heteroatoms. The van der Waals surface area contributed by atoms with Crippen LogP contribution in [0.25, 0.3) is 0 Å². The third-order valence-electron chi connectivity index (χ3n) is 1.99. The molecule has 0 aromatic rings. The summed E-state index contributed by atoms with van der Waals surface area (Å²) in [6.45, 7) is 17.7. The quantitative estimate of drug-likeness (QED) is 0.452. The van der Waals surface area contributed by atoms with Crippen LogP contribution in [0.1, 0.15) is 61.8 Å². The number of allylic oxidation sites excluding steroid dienone is 3. The smallest absolute Gasteiger partial charge is 0.117 e. The molecule has 0 aliphatic carbocycles. The second kappa shape index (κ2) is 20.5. The van der Waals surface area contributed by atoms with E-state index in [1.54, 1.807) is 6.92 Å². The summed E-state index contributed by atoms with van der Waals surface area (Å²) >= 11 is 0. The van der Waals surface area contributed by atoms with E-state index in [0.29, 0.717) is 12.7 Å². The van der Waals surface area contributed by atoms with Gasteiger partial charge in [-0.25, -0.2) is 0 Å². The summed E-state index contributed by atoms with van der Waals surface area (Å²) in [5.41, 5.74) is 1.21. The Kier molecular flexibility index (Phi) is 24.9. The molecule has 1 atom stereocenters. The van der Waals surface area contributed by atoms with Crippen molar-refractivity contribution in [1.29, 1.82) is 0 Å². The summed E-state index contributed by atoms with van der Waals surface area (Å²) in [7, 11) is 0. The minimum absolute atomic E-state index is 0.250. The van der Waals surface area contributed by atoms with Gasteiger partial charge in [0.2, 0.25) is 0 Å². The minimum Gasteiger partial charge on any atom is -0.491 e. The van der Waals surface area contributed by atoms with Gasteiger partial charge in [-0.1, -0.05) is 40.7 Å². The van der Waals surface area contributed by atoms with Crippen LogP contribution < -0.4 is 0 Å². The molecule has 20 heavy (non-hydrogen) atoms. The highest BCUT2D eigenvalue weighted by Crippen LogP contribution is 2.16. The largest absolute Gasteiger partial charge is 0.491 e. The highest BCUT2D eigenvalue weighted by Gasteiger charge is 2.23. The lowest BCUT2D eigenvalue weighted by Crippen LogP contribution is -2.02. The first kappa shape index (κ1) is 24.2. The lowest BCUT2D eigenvalue weighted by molar-refractivity contribution is 0.189. The van der Waals surface area contributed by atoms with Crippen molar-refractivity contribution in [3.8, 4) is 0 Å². The van der Waals surface area contributed by atoms with Gasteiger partial charge in [0.05, 0.1) is 6.61 Å². The summed E-state index contributed by atoms with van der Waals surface area (Å²) in [6.07, 6.45) is 5.56. The Hall–Kier alpha value is -0.800. The Morgan fingerprint density at radius 1 is 1.25 bits per heavy atom. The lowest BCUT2D eigenvalue weighted by Gasteiger charge is -2.08. The zero-order chi connectivity index (χ0) is 16.4. The number of hydrogen-bond donors (Lipinski definition) is 1. The predicted octanol–water partition coefficient (Wildman–Crippen LogP) is 4.71. The average Bonchev–Trinajstić information content (AvgIpc) is 3.29. The Bertz CT molecular complexity index is 228. The fraction of sp³-hybridized carbons (Fsp3) is 0.765. The van der Waals surface area contributed by atoms with Crippen molar-refractivity contribution in [3.63, 3.8) is 0 Å². The van der Waals surface area contributed by atoms with Crippen LogP contribution in [0.3, 0.4) is 0 Å². The van der Waals surface area contributed by atoms with Gasteiger partial charge < -0.3 is 14.6 Å². The van der Waals surface area contributed by atoms with Gasteiger partial charge in [0.25, 0.3) is 0 Å². The SMILES string of the molecule is C/C=C(OCC1CO1)\C(C)=C/CC.CC.CC.CCO. The van der Waals surface area contributed by atoms with Gasteiger partial charge in [0.15, 0.2) is 0 Å². The molecule has 0 saturated carbocycles. The van der Waals surface area contributed by atoms with Crippen LogP contribution in [0.15, 0.2) is 23.5 Å². The molecule has 0 aromatic heterocycles. The van der Waals surface area contributed by atoms with Crippen molar-refractivity contribution in [1.82, 2.24) is 0 Å². The summed E-state index contributed by atoms with van der Waals surface area (Å²) in [6, 6.07) is 0. The Morgan fingerprint density at radius 3 is 2.00 bits per heavy atom. The first-order valence-electron chi connectivity index (χ1n) is 7.88. The summed E-state index contributed by atoms with van der Waals surface area (Å²) in [5.74, 6) is 0.984. The number of rotatable bonds is 5. The molecule has 1 fully saturated rings. The van der Waals surface area contributed by atoms with Gasteiger partial charge in [-0.3, -0.25) is 0 Å². The average molecular weight is 288 g/mol. The third kappa shape index (κ3) is 17.2. The van der Waals surface area contributed by atoms with Crippen molar-refractivity contribution < 1.29 is 14.6 Å². The van der Waals surface area contributed by atoms with Crippen LogP contribution in [0.5, 0.6) is 0 Å². The van der Waals surface area contributed by atoms with Gasteiger partial charge in [0.1, 0.15) is 18.5 Å². The summed E-state index contributed by atoms with van der Waals surface area (Å²) < 4.78 is 10.7. The zero-order valence-corrected chi connectivity index (χ0v) is 14.8. The van der Waals surface area contributed by atoms with E-state index in [9.17, 15) is 0 Å². The zero-order valence-electron chi connectivity index (χ0n) is 14.8. The van der Waals surface area contributed by atoms with E-state index in [1.165, 1.54) is 5.57 Å². The molecule has 0 aromatic carbocycles. The third-order valence-corrected chi connectivity index (χ3v) is 1.99. The molecule has 1 heterocycles. The van der Waals surface area contributed by atoms with Crippen LogP contribution >= 0.6 is 0 Å². The van der Waals surface area contributed by atoms with E-state index >= 15 is 0 Å². The second-order valence-electron chi connectivity index (χ2n) is 3.53. The Balaban J connectivity index is -0.000000355. The number of epoxide rings is 1. The van der Waals surface area contributed by atoms with Crippen LogP contribution in [0.4, 0.5) is 0 Å². The normalized spacial score (nSPS) is 16.6. The number of hydrogen-bond acceptors (Lipinski definition) is 3. The Labute approximate surface area is 126 Å². The Morgan fingerprint density at radius 2 is 1.70 bits per heavy atom. The molecule has 0 amide bonds. The van der Waals surface area contributed by atoms with Crippen molar-refractivity contribution in [2.75, 3.05) is 19.8 Å². The first-order chi connectivity index (χ1) is 9.69. The van der Waals surface area contributed by atoms with E-state index < -0.39 is 0 Å². The number of aliphatic hydroxyl groups is 1. The molecule has 3 nitrogen and oxygen atoms in total. The molecule has 1 unspecified atom stereocenters. The maximum atomic E-state index is 7.57. The molecular weight excluding hydrogens is 252 g/mol. The van der Waals surface area contributed by atoms with Gasteiger partial charge >= 0.3 is 0 Å². The molecule has 1 aliphatic heterocycles. The maximum absolute atomic E-state index is 7.57. The number of aliphatic hydroxyl groups excluding tert-OH is 1. The van der Waals surface area contributed by atoms with Crippen LogP contribution in [0.2, 0.25) is 0 Å². The molecule has 0 bridgehead atoms. The molecule has 0 spiro atoms. The van der Waals surface area contributed by atoms with E-state index in [0.717, 1.165) is 18.8 Å². The van der Waals surface area contributed by atoms with E-state index in [4.69, 9.17) is 14.6 Å². The highest BCUT2D eigenvalue weighted by atomic mass is 16.6. The fourth-order valence-electron chi connectivity index (χ4n) is 1.18. The molecule has 1 rings (SSSR count).